The molecule has 2 N–H and O–H groups in total. The Hall–Kier alpha value is -2.61. The van der Waals surface area contributed by atoms with Crippen LogP contribution >= 0.6 is 0 Å². The molecule has 2 amide bonds. The number of H-pyrrole nitrogens is 1. The van der Waals surface area contributed by atoms with Crippen LogP contribution in [0.1, 0.15) is 19.3 Å². The molecule has 144 valence electrons. The molecule has 1 aromatic heterocycles. The van der Waals surface area contributed by atoms with Gasteiger partial charge < -0.3 is 14.9 Å². The van der Waals surface area contributed by atoms with E-state index in [2.05, 4.69) is 5.10 Å². The van der Waals surface area contributed by atoms with E-state index >= 15 is 0 Å². The van der Waals surface area contributed by atoms with E-state index in [1.807, 2.05) is 6.07 Å². The number of hydrogen-bond donors (Lipinski definition) is 2. The van der Waals surface area contributed by atoms with E-state index in [9.17, 15) is 14.4 Å². The van der Waals surface area contributed by atoms with Crippen LogP contribution < -0.4 is 5.56 Å². The highest BCUT2D eigenvalue weighted by Crippen LogP contribution is 2.40. The number of benzene rings is 1. The number of aromatic nitrogens is 2. The lowest BCUT2D eigenvalue weighted by molar-refractivity contribution is -0.146. The number of aromatic amines is 1. The van der Waals surface area contributed by atoms with Crippen LogP contribution in [0.2, 0.25) is 0 Å². The molecule has 4 rings (SSSR count). The number of aliphatic hydroxyl groups excluding tert-OH is 1. The molecule has 27 heavy (non-hydrogen) atoms. The zero-order valence-corrected chi connectivity index (χ0v) is 15.2. The summed E-state index contributed by atoms with van der Waals surface area (Å²) in [6.45, 7) is 1.82. The van der Waals surface area contributed by atoms with Gasteiger partial charge in [-0.3, -0.25) is 19.5 Å². The topological polar surface area (TPSA) is 98.6 Å². The number of rotatable bonds is 4. The van der Waals surface area contributed by atoms with Crippen molar-refractivity contribution in [1.29, 1.82) is 0 Å². The number of nitrogens with one attached hydrogen (secondary N) is 1. The van der Waals surface area contributed by atoms with Crippen LogP contribution in [0.15, 0.2) is 29.1 Å². The van der Waals surface area contributed by atoms with Gasteiger partial charge in [-0.25, -0.2) is 4.68 Å². The van der Waals surface area contributed by atoms with Gasteiger partial charge in [0.2, 0.25) is 11.8 Å². The van der Waals surface area contributed by atoms with Gasteiger partial charge in [0, 0.05) is 26.2 Å². The molecule has 1 spiro atoms. The molecule has 2 aliphatic heterocycles. The number of likely N-dealkylation sites (tertiary alicyclic amines) is 2. The largest absolute Gasteiger partial charge is 0.395 e. The molecular formula is C19H24N4O4. The van der Waals surface area contributed by atoms with Crippen molar-refractivity contribution in [3.05, 3.63) is 34.6 Å². The number of hydrogen-bond acceptors (Lipinski definition) is 4. The molecule has 8 heteroatoms. The highest BCUT2D eigenvalue weighted by molar-refractivity contribution is 5.86. The van der Waals surface area contributed by atoms with Gasteiger partial charge in [-0.2, -0.15) is 0 Å². The number of β-amino-alcohol motifs (C(OH)–C–C–N with tert-alkyl or cyclic N) is 1. The molecule has 0 saturated carbocycles. The molecule has 2 saturated heterocycles. The standard InChI is InChI=1S/C19H24N4O4/c24-11-10-21-8-3-6-19(18(21)27)7-9-22(13-19)16(25)12-23-17(26)14-4-1-2-5-15(14)20-23/h1-2,4-5,20,24H,3,6-13H2/t19-/m0/s1. The summed E-state index contributed by atoms with van der Waals surface area (Å²) in [6.07, 6.45) is 2.29. The maximum atomic E-state index is 12.9. The molecule has 8 nitrogen and oxygen atoms in total. The van der Waals surface area contributed by atoms with Crippen LogP contribution in [0, 0.1) is 5.41 Å². The molecule has 0 unspecified atom stereocenters. The Morgan fingerprint density at radius 3 is 2.78 bits per heavy atom. The van der Waals surface area contributed by atoms with Crippen LogP contribution in [0.25, 0.3) is 10.9 Å². The summed E-state index contributed by atoms with van der Waals surface area (Å²) in [7, 11) is 0. The molecule has 1 aromatic carbocycles. The predicted molar refractivity (Wildman–Crippen MR) is 99.1 cm³/mol. The van der Waals surface area contributed by atoms with E-state index in [1.165, 1.54) is 4.68 Å². The van der Waals surface area contributed by atoms with Crippen molar-refractivity contribution in [2.45, 2.75) is 25.8 Å². The van der Waals surface area contributed by atoms with Gasteiger partial charge in [-0.05, 0) is 31.4 Å². The number of para-hydroxylation sites is 1. The molecule has 2 aliphatic rings. The van der Waals surface area contributed by atoms with Crippen LogP contribution in [-0.4, -0.2) is 69.3 Å². The monoisotopic (exact) mass is 372 g/mol. The van der Waals surface area contributed by atoms with Gasteiger partial charge in [0.05, 0.1) is 22.9 Å². The molecule has 0 aliphatic carbocycles. The number of nitrogens with zero attached hydrogens (tertiary/aromatic N) is 3. The Kier molecular flexibility index (Phi) is 4.51. The van der Waals surface area contributed by atoms with Gasteiger partial charge in [0.25, 0.3) is 5.56 Å². The first-order valence-corrected chi connectivity index (χ1v) is 9.40. The quantitative estimate of drug-likeness (QED) is 0.799. The maximum Gasteiger partial charge on any atom is 0.274 e. The number of aliphatic hydroxyl groups is 1. The van der Waals surface area contributed by atoms with E-state index in [1.54, 1.807) is 28.0 Å². The zero-order chi connectivity index (χ0) is 19.0. The van der Waals surface area contributed by atoms with Gasteiger partial charge in [-0.1, -0.05) is 12.1 Å². The third-order valence-electron chi connectivity index (χ3n) is 5.85. The van der Waals surface area contributed by atoms with Crippen molar-refractivity contribution >= 4 is 22.7 Å². The SMILES string of the molecule is O=C(Cn1[nH]c2ccccc2c1=O)N1CC[C@@]2(CCCN(CCO)C2=O)C1. The second kappa shape index (κ2) is 6.84. The second-order valence-corrected chi connectivity index (χ2v) is 7.51. The first-order chi connectivity index (χ1) is 13.0. The van der Waals surface area contributed by atoms with E-state index in [0.29, 0.717) is 43.5 Å². The third-order valence-corrected chi connectivity index (χ3v) is 5.85. The molecule has 0 bridgehead atoms. The smallest absolute Gasteiger partial charge is 0.274 e. The van der Waals surface area contributed by atoms with Crippen LogP contribution in [-0.2, 0) is 16.1 Å². The van der Waals surface area contributed by atoms with Gasteiger partial charge in [0.15, 0.2) is 0 Å². The molecule has 0 radical (unpaired) electrons. The van der Waals surface area contributed by atoms with E-state index < -0.39 is 5.41 Å². The minimum absolute atomic E-state index is 0.0425. The molecule has 2 fully saturated rings. The van der Waals surface area contributed by atoms with Crippen molar-refractivity contribution in [1.82, 2.24) is 19.6 Å². The Balaban J connectivity index is 1.48. The van der Waals surface area contributed by atoms with Gasteiger partial charge in [0.1, 0.15) is 6.54 Å². The normalized spacial score (nSPS) is 22.9. The summed E-state index contributed by atoms with van der Waals surface area (Å²) in [5, 5.41) is 12.7. The summed E-state index contributed by atoms with van der Waals surface area (Å²) < 4.78 is 1.33. The fourth-order valence-electron chi connectivity index (χ4n) is 4.41. The summed E-state index contributed by atoms with van der Waals surface area (Å²) in [5.74, 6) is -0.117. The lowest BCUT2D eigenvalue weighted by atomic mass is 9.78. The second-order valence-electron chi connectivity index (χ2n) is 7.51. The lowest BCUT2D eigenvalue weighted by Crippen LogP contribution is -2.51. The first kappa shape index (κ1) is 17.8. The summed E-state index contributed by atoms with van der Waals surface area (Å²) >= 11 is 0. The summed E-state index contributed by atoms with van der Waals surface area (Å²) in [6, 6.07) is 7.16. The highest BCUT2D eigenvalue weighted by Gasteiger charge is 2.49. The molecular weight excluding hydrogens is 348 g/mol. The third kappa shape index (κ3) is 3.03. The molecule has 1 atom stereocenters. The maximum absolute atomic E-state index is 12.9. The van der Waals surface area contributed by atoms with Crippen molar-refractivity contribution < 1.29 is 14.7 Å². The van der Waals surface area contributed by atoms with Crippen molar-refractivity contribution in [3.8, 4) is 0 Å². The van der Waals surface area contributed by atoms with Crippen molar-refractivity contribution in [3.63, 3.8) is 0 Å². The fourth-order valence-corrected chi connectivity index (χ4v) is 4.41. The lowest BCUT2D eigenvalue weighted by Gasteiger charge is -2.39. The Morgan fingerprint density at radius 2 is 2.00 bits per heavy atom. The average molecular weight is 372 g/mol. The van der Waals surface area contributed by atoms with Crippen LogP contribution in [0.5, 0.6) is 0 Å². The van der Waals surface area contributed by atoms with E-state index in [0.717, 1.165) is 12.8 Å². The van der Waals surface area contributed by atoms with Crippen LogP contribution in [0.3, 0.4) is 0 Å². The van der Waals surface area contributed by atoms with Crippen LogP contribution in [0.4, 0.5) is 0 Å². The van der Waals surface area contributed by atoms with E-state index in [-0.39, 0.29) is 30.5 Å². The zero-order valence-electron chi connectivity index (χ0n) is 15.2. The number of carbonyl (C=O) groups excluding carboxylic acids is 2. The number of fused-ring (bicyclic) bond motifs is 1. The summed E-state index contributed by atoms with van der Waals surface area (Å²) in [5.41, 5.74) is -0.0416. The minimum Gasteiger partial charge on any atom is -0.395 e. The number of carbonyl (C=O) groups is 2. The number of amides is 2. The minimum atomic E-state index is -0.533. The Labute approximate surface area is 156 Å². The first-order valence-electron chi connectivity index (χ1n) is 9.40. The number of piperidine rings is 1. The summed E-state index contributed by atoms with van der Waals surface area (Å²) in [4.78, 5) is 41.4. The Morgan fingerprint density at radius 1 is 1.19 bits per heavy atom. The molecule has 3 heterocycles. The van der Waals surface area contributed by atoms with Crippen molar-refractivity contribution in [2.75, 3.05) is 32.8 Å². The fraction of sp³-hybridized carbons (Fsp3) is 0.526. The van der Waals surface area contributed by atoms with Gasteiger partial charge >= 0.3 is 0 Å². The average Bonchev–Trinajstić information content (AvgIpc) is 3.23. The molecule has 2 aromatic rings. The Bertz CT molecular complexity index is 931. The van der Waals surface area contributed by atoms with Gasteiger partial charge in [-0.15, -0.1) is 0 Å². The highest BCUT2D eigenvalue weighted by atomic mass is 16.3. The van der Waals surface area contributed by atoms with Crippen molar-refractivity contribution in [2.24, 2.45) is 5.41 Å². The predicted octanol–water partition coefficient (Wildman–Crippen LogP) is 0.163. The van der Waals surface area contributed by atoms with E-state index in [4.69, 9.17) is 5.11 Å².